The summed E-state index contributed by atoms with van der Waals surface area (Å²) in [6.45, 7) is 2.94. The van der Waals surface area contributed by atoms with Crippen LogP contribution in [0.3, 0.4) is 0 Å². The highest BCUT2D eigenvalue weighted by atomic mass is 16.5. The Bertz CT molecular complexity index is 695. The second-order valence-electron chi connectivity index (χ2n) is 5.48. The molecule has 1 aromatic carbocycles. The molecule has 1 fully saturated rings. The third-order valence-corrected chi connectivity index (χ3v) is 3.80. The molecule has 7 nitrogen and oxygen atoms in total. The Kier molecular flexibility index (Phi) is 4.65. The normalized spacial score (nSPS) is 20.1. The van der Waals surface area contributed by atoms with E-state index in [0.29, 0.717) is 17.5 Å². The van der Waals surface area contributed by atoms with Crippen LogP contribution in [0.15, 0.2) is 24.3 Å². The summed E-state index contributed by atoms with van der Waals surface area (Å²) in [6, 6.07) is 8.05. The van der Waals surface area contributed by atoms with E-state index in [0.717, 1.165) is 4.90 Å². The highest BCUT2D eigenvalue weighted by Gasteiger charge is 2.47. The number of nitriles is 1. The van der Waals surface area contributed by atoms with Crippen molar-refractivity contribution in [2.45, 2.75) is 32.4 Å². The Morgan fingerprint density at radius 2 is 2.17 bits per heavy atom. The van der Waals surface area contributed by atoms with E-state index in [2.05, 4.69) is 5.32 Å². The molecular formula is C16H17N3O4. The Morgan fingerprint density at radius 1 is 1.43 bits per heavy atom. The fraction of sp³-hybridized carbons (Fsp3) is 0.375. The third-order valence-electron chi connectivity index (χ3n) is 3.80. The monoisotopic (exact) mass is 315 g/mol. The molecule has 0 unspecified atom stereocenters. The van der Waals surface area contributed by atoms with Crippen LogP contribution in [-0.4, -0.2) is 34.9 Å². The molecule has 1 N–H and O–H groups in total. The molecule has 1 saturated heterocycles. The van der Waals surface area contributed by atoms with E-state index >= 15 is 0 Å². The summed E-state index contributed by atoms with van der Waals surface area (Å²) in [5.74, 6) is -1.12. The van der Waals surface area contributed by atoms with Gasteiger partial charge in [-0.2, -0.15) is 5.26 Å². The number of carbonyl (C=O) groups excluding carboxylic acids is 3. The van der Waals surface area contributed by atoms with Gasteiger partial charge >= 0.3 is 12.0 Å². The molecule has 0 aromatic heterocycles. The van der Waals surface area contributed by atoms with Gasteiger partial charge < -0.3 is 10.1 Å². The third kappa shape index (κ3) is 3.48. The van der Waals surface area contributed by atoms with E-state index in [-0.39, 0.29) is 6.61 Å². The van der Waals surface area contributed by atoms with Gasteiger partial charge in [0.05, 0.1) is 11.6 Å². The van der Waals surface area contributed by atoms with Crippen LogP contribution < -0.4 is 5.32 Å². The van der Waals surface area contributed by atoms with Crippen molar-refractivity contribution in [3.05, 3.63) is 35.4 Å². The number of carbonyl (C=O) groups is 3. The van der Waals surface area contributed by atoms with Gasteiger partial charge in [0.2, 0.25) is 0 Å². The first kappa shape index (κ1) is 16.5. The number of nitrogens with zero attached hydrogens (tertiary/aromatic N) is 2. The summed E-state index contributed by atoms with van der Waals surface area (Å²) >= 11 is 0. The first-order valence-electron chi connectivity index (χ1n) is 7.18. The molecule has 1 heterocycles. The first-order chi connectivity index (χ1) is 10.9. The number of ether oxygens (including phenoxy) is 1. The molecule has 1 atom stereocenters. The summed E-state index contributed by atoms with van der Waals surface area (Å²) in [5.41, 5.74) is 0.151. The predicted octanol–water partition coefficient (Wildman–Crippen LogP) is 1.32. The van der Waals surface area contributed by atoms with E-state index < -0.39 is 30.0 Å². The lowest BCUT2D eigenvalue weighted by Crippen LogP contribution is -2.43. The van der Waals surface area contributed by atoms with E-state index in [1.165, 1.54) is 0 Å². The Labute approximate surface area is 133 Å². The molecule has 0 saturated carbocycles. The molecule has 23 heavy (non-hydrogen) atoms. The van der Waals surface area contributed by atoms with Gasteiger partial charge in [0.1, 0.15) is 18.7 Å². The van der Waals surface area contributed by atoms with Crippen molar-refractivity contribution in [1.82, 2.24) is 10.2 Å². The topological polar surface area (TPSA) is 99.5 Å². The van der Waals surface area contributed by atoms with E-state index in [4.69, 9.17) is 10.00 Å². The van der Waals surface area contributed by atoms with Gasteiger partial charge in [0.25, 0.3) is 5.91 Å². The highest BCUT2D eigenvalue weighted by Crippen LogP contribution is 2.20. The quantitative estimate of drug-likeness (QED) is 0.652. The number of urea groups is 1. The lowest BCUT2D eigenvalue weighted by Gasteiger charge is -2.18. The van der Waals surface area contributed by atoms with Crippen LogP contribution in [0.1, 0.15) is 31.4 Å². The lowest BCUT2D eigenvalue weighted by atomic mass is 9.99. The summed E-state index contributed by atoms with van der Waals surface area (Å²) < 4.78 is 5.07. The number of rotatable bonds is 5. The smallest absolute Gasteiger partial charge is 0.326 e. The number of esters is 1. The molecule has 120 valence electrons. The van der Waals surface area contributed by atoms with Crippen LogP contribution in [0.5, 0.6) is 0 Å². The summed E-state index contributed by atoms with van der Waals surface area (Å²) in [4.78, 5) is 36.7. The van der Waals surface area contributed by atoms with Crippen molar-refractivity contribution < 1.29 is 19.1 Å². The largest absolute Gasteiger partial charge is 0.459 e. The van der Waals surface area contributed by atoms with Gasteiger partial charge in [-0.25, -0.2) is 4.79 Å². The minimum atomic E-state index is -0.974. The average molecular weight is 315 g/mol. The molecule has 2 rings (SSSR count). The van der Waals surface area contributed by atoms with Gasteiger partial charge in [-0.1, -0.05) is 19.1 Å². The molecule has 1 aromatic rings. The zero-order chi connectivity index (χ0) is 17.0. The number of amides is 3. The molecular weight excluding hydrogens is 298 g/mol. The van der Waals surface area contributed by atoms with Crippen LogP contribution in [0.4, 0.5) is 4.79 Å². The zero-order valence-electron chi connectivity index (χ0n) is 13.0. The molecule has 3 amide bonds. The van der Waals surface area contributed by atoms with Crippen LogP contribution in [-0.2, 0) is 20.9 Å². The minimum absolute atomic E-state index is 0.0248. The minimum Gasteiger partial charge on any atom is -0.459 e. The van der Waals surface area contributed by atoms with E-state index in [1.54, 1.807) is 38.1 Å². The van der Waals surface area contributed by atoms with Gasteiger partial charge in [0, 0.05) is 0 Å². The Hall–Kier alpha value is -2.88. The summed E-state index contributed by atoms with van der Waals surface area (Å²) in [7, 11) is 0. The van der Waals surface area contributed by atoms with Crippen LogP contribution in [0, 0.1) is 11.3 Å². The standard InChI is InChI=1S/C16H17N3O4/c1-3-16(2)14(21)19(15(22)18-16)9-13(20)23-10-12-6-4-5-11(7-12)8-17/h4-7H,3,9-10H2,1-2H3,(H,18,22)/t16-/m1/s1. The van der Waals surface area contributed by atoms with Gasteiger partial charge in [0.15, 0.2) is 0 Å². The second-order valence-corrected chi connectivity index (χ2v) is 5.48. The zero-order valence-corrected chi connectivity index (χ0v) is 13.0. The molecule has 0 spiro atoms. The number of nitrogens with one attached hydrogen (secondary N) is 1. The van der Waals surface area contributed by atoms with E-state index in [1.807, 2.05) is 6.07 Å². The Balaban J connectivity index is 1.94. The highest BCUT2D eigenvalue weighted by molar-refractivity contribution is 6.08. The maximum Gasteiger partial charge on any atom is 0.326 e. The van der Waals surface area contributed by atoms with Crippen molar-refractivity contribution in [1.29, 1.82) is 5.26 Å². The lowest BCUT2D eigenvalue weighted by molar-refractivity contribution is -0.148. The number of benzene rings is 1. The second kappa shape index (κ2) is 6.48. The van der Waals surface area contributed by atoms with Crippen molar-refractivity contribution in [2.24, 2.45) is 0 Å². The SMILES string of the molecule is CC[C@@]1(C)NC(=O)N(CC(=O)OCc2cccc(C#N)c2)C1=O. The number of imide groups is 1. The van der Waals surface area contributed by atoms with Gasteiger partial charge in [-0.15, -0.1) is 0 Å². The van der Waals surface area contributed by atoms with Crippen molar-refractivity contribution in [2.75, 3.05) is 6.54 Å². The molecule has 0 radical (unpaired) electrons. The molecule has 1 aliphatic heterocycles. The average Bonchev–Trinajstić information content (AvgIpc) is 2.77. The van der Waals surface area contributed by atoms with E-state index in [9.17, 15) is 14.4 Å². The first-order valence-corrected chi connectivity index (χ1v) is 7.18. The molecule has 1 aliphatic rings. The maximum atomic E-state index is 12.2. The number of hydrogen-bond donors (Lipinski definition) is 1. The fourth-order valence-corrected chi connectivity index (χ4v) is 2.20. The molecule has 0 aliphatic carbocycles. The summed E-state index contributed by atoms with van der Waals surface area (Å²) in [6.07, 6.45) is 0.435. The van der Waals surface area contributed by atoms with Crippen molar-refractivity contribution >= 4 is 17.9 Å². The van der Waals surface area contributed by atoms with Gasteiger partial charge in [-0.05, 0) is 31.0 Å². The predicted molar refractivity (Wildman–Crippen MR) is 79.9 cm³/mol. The van der Waals surface area contributed by atoms with Crippen LogP contribution in [0.2, 0.25) is 0 Å². The maximum absolute atomic E-state index is 12.2. The summed E-state index contributed by atoms with van der Waals surface area (Å²) in [5, 5.41) is 11.4. The van der Waals surface area contributed by atoms with Crippen molar-refractivity contribution in [3.8, 4) is 6.07 Å². The van der Waals surface area contributed by atoms with Crippen LogP contribution in [0.25, 0.3) is 0 Å². The fourth-order valence-electron chi connectivity index (χ4n) is 2.20. The number of hydrogen-bond acceptors (Lipinski definition) is 5. The van der Waals surface area contributed by atoms with Crippen molar-refractivity contribution in [3.63, 3.8) is 0 Å². The molecule has 7 heteroatoms. The van der Waals surface area contributed by atoms with Gasteiger partial charge in [-0.3, -0.25) is 14.5 Å². The molecule has 0 bridgehead atoms. The Morgan fingerprint density at radius 3 is 2.78 bits per heavy atom. The van der Waals surface area contributed by atoms with Crippen LogP contribution >= 0.6 is 0 Å².